The lowest BCUT2D eigenvalue weighted by atomic mass is 10.0. The lowest BCUT2D eigenvalue weighted by Gasteiger charge is -2.09. The molecule has 0 atom stereocenters. The Morgan fingerprint density at radius 3 is 2.00 bits per heavy atom. The van der Waals surface area contributed by atoms with Crippen LogP contribution in [0, 0.1) is 0 Å². The van der Waals surface area contributed by atoms with Crippen LogP contribution in [0.3, 0.4) is 0 Å². The summed E-state index contributed by atoms with van der Waals surface area (Å²) >= 11 is 0. The zero-order chi connectivity index (χ0) is 12.3. The summed E-state index contributed by atoms with van der Waals surface area (Å²) in [7, 11) is 3.29. The molecule has 0 aromatic heterocycles. The third kappa shape index (κ3) is 2.33. The lowest BCUT2D eigenvalue weighted by molar-refractivity contribution is 0.414. The van der Waals surface area contributed by atoms with E-state index >= 15 is 0 Å². The summed E-state index contributed by atoms with van der Waals surface area (Å²) in [6.07, 6.45) is 0. The number of nitrogens with two attached hydrogens (primary N) is 1. The predicted molar refractivity (Wildman–Crippen MR) is 69.4 cm³/mol. The summed E-state index contributed by atoms with van der Waals surface area (Å²) in [4.78, 5) is 0. The van der Waals surface area contributed by atoms with Crippen molar-refractivity contribution < 1.29 is 9.47 Å². The average molecular weight is 229 g/mol. The van der Waals surface area contributed by atoms with Crippen molar-refractivity contribution >= 4 is 5.69 Å². The Morgan fingerprint density at radius 1 is 0.824 bits per heavy atom. The van der Waals surface area contributed by atoms with E-state index in [1.807, 2.05) is 42.5 Å². The molecule has 0 fully saturated rings. The van der Waals surface area contributed by atoms with Gasteiger partial charge in [-0.25, -0.2) is 0 Å². The first kappa shape index (κ1) is 11.3. The van der Waals surface area contributed by atoms with Crippen LogP contribution >= 0.6 is 0 Å². The van der Waals surface area contributed by atoms with Crippen LogP contribution in [0.5, 0.6) is 11.5 Å². The minimum Gasteiger partial charge on any atom is -0.497 e. The summed E-state index contributed by atoms with van der Waals surface area (Å²) < 4.78 is 10.3. The second kappa shape index (κ2) is 4.78. The minimum atomic E-state index is 0.732. The quantitative estimate of drug-likeness (QED) is 0.823. The maximum Gasteiger partial charge on any atom is 0.119 e. The molecule has 17 heavy (non-hydrogen) atoms. The number of hydrogen-bond acceptors (Lipinski definition) is 3. The largest absolute Gasteiger partial charge is 0.497 e. The van der Waals surface area contributed by atoms with Gasteiger partial charge in [-0.05, 0) is 35.9 Å². The van der Waals surface area contributed by atoms with Crippen molar-refractivity contribution in [3.8, 4) is 22.6 Å². The van der Waals surface area contributed by atoms with E-state index in [-0.39, 0.29) is 0 Å². The summed E-state index contributed by atoms with van der Waals surface area (Å²) in [6, 6.07) is 13.4. The molecule has 0 bridgehead atoms. The molecule has 2 aromatic carbocycles. The van der Waals surface area contributed by atoms with E-state index in [0.29, 0.717) is 0 Å². The Kier molecular flexibility index (Phi) is 3.19. The van der Waals surface area contributed by atoms with Gasteiger partial charge in [-0.2, -0.15) is 0 Å². The number of nitrogen functional groups attached to an aromatic ring is 1. The van der Waals surface area contributed by atoms with Crippen molar-refractivity contribution in [1.29, 1.82) is 0 Å². The molecule has 3 heteroatoms. The minimum absolute atomic E-state index is 0.732. The van der Waals surface area contributed by atoms with E-state index < -0.39 is 0 Å². The average Bonchev–Trinajstić information content (AvgIpc) is 2.39. The summed E-state index contributed by atoms with van der Waals surface area (Å²) in [6.45, 7) is 0. The fraction of sp³-hybridized carbons (Fsp3) is 0.143. The Labute approximate surface area is 101 Å². The maximum absolute atomic E-state index is 5.96. The number of rotatable bonds is 3. The van der Waals surface area contributed by atoms with Crippen molar-refractivity contribution in [2.24, 2.45) is 0 Å². The van der Waals surface area contributed by atoms with Crippen LogP contribution in [0.4, 0.5) is 5.69 Å². The van der Waals surface area contributed by atoms with Crippen molar-refractivity contribution in [3.05, 3.63) is 42.5 Å². The first-order chi connectivity index (χ1) is 8.24. The van der Waals surface area contributed by atoms with Gasteiger partial charge in [-0.15, -0.1) is 0 Å². The number of methoxy groups -OCH3 is 2. The lowest BCUT2D eigenvalue weighted by Crippen LogP contribution is -1.92. The molecule has 0 unspecified atom stereocenters. The highest BCUT2D eigenvalue weighted by atomic mass is 16.5. The van der Waals surface area contributed by atoms with Gasteiger partial charge in [0.15, 0.2) is 0 Å². The number of benzene rings is 2. The Hall–Kier alpha value is -2.16. The molecular formula is C14H15NO2. The maximum atomic E-state index is 5.96. The fourth-order valence-corrected chi connectivity index (χ4v) is 1.68. The van der Waals surface area contributed by atoms with Gasteiger partial charge < -0.3 is 15.2 Å². The molecule has 0 amide bonds. The van der Waals surface area contributed by atoms with Crippen molar-refractivity contribution in [1.82, 2.24) is 0 Å². The third-order valence-corrected chi connectivity index (χ3v) is 2.66. The molecule has 0 saturated heterocycles. The molecule has 0 spiro atoms. The predicted octanol–water partition coefficient (Wildman–Crippen LogP) is 2.95. The molecule has 0 saturated carbocycles. The van der Waals surface area contributed by atoms with Crippen LogP contribution in [0.25, 0.3) is 11.1 Å². The van der Waals surface area contributed by atoms with Crippen LogP contribution in [0.2, 0.25) is 0 Å². The Balaban J connectivity index is 2.43. The normalized spacial score (nSPS) is 10.0. The Morgan fingerprint density at radius 2 is 1.41 bits per heavy atom. The molecule has 2 rings (SSSR count). The summed E-state index contributed by atoms with van der Waals surface area (Å²) in [5.74, 6) is 1.63. The topological polar surface area (TPSA) is 44.5 Å². The molecule has 0 heterocycles. The monoisotopic (exact) mass is 229 g/mol. The van der Waals surface area contributed by atoms with Gasteiger partial charge in [0, 0.05) is 11.3 Å². The zero-order valence-electron chi connectivity index (χ0n) is 9.94. The van der Waals surface area contributed by atoms with Gasteiger partial charge in [-0.1, -0.05) is 12.1 Å². The molecule has 3 nitrogen and oxygen atoms in total. The fourth-order valence-electron chi connectivity index (χ4n) is 1.68. The highest BCUT2D eigenvalue weighted by Gasteiger charge is 2.04. The second-order valence-electron chi connectivity index (χ2n) is 3.68. The molecule has 88 valence electrons. The number of ether oxygens (including phenoxy) is 2. The molecule has 0 aliphatic rings. The van der Waals surface area contributed by atoms with Crippen molar-refractivity contribution in [3.63, 3.8) is 0 Å². The summed E-state index contributed by atoms with van der Waals surface area (Å²) in [5.41, 5.74) is 8.70. The molecule has 0 aliphatic carbocycles. The second-order valence-corrected chi connectivity index (χ2v) is 3.68. The van der Waals surface area contributed by atoms with Crippen LogP contribution in [-0.4, -0.2) is 14.2 Å². The van der Waals surface area contributed by atoms with Gasteiger partial charge in [0.2, 0.25) is 0 Å². The smallest absolute Gasteiger partial charge is 0.119 e. The van der Waals surface area contributed by atoms with E-state index in [1.165, 1.54) is 0 Å². The molecule has 2 aromatic rings. The highest BCUT2D eigenvalue weighted by Crippen LogP contribution is 2.30. The van der Waals surface area contributed by atoms with Gasteiger partial charge in [-0.3, -0.25) is 0 Å². The molecular weight excluding hydrogens is 214 g/mol. The number of anilines is 1. The van der Waals surface area contributed by atoms with Crippen LogP contribution in [0.15, 0.2) is 42.5 Å². The van der Waals surface area contributed by atoms with Gasteiger partial charge in [0.25, 0.3) is 0 Å². The molecule has 0 radical (unpaired) electrons. The van der Waals surface area contributed by atoms with Crippen LogP contribution in [-0.2, 0) is 0 Å². The van der Waals surface area contributed by atoms with Crippen LogP contribution in [0.1, 0.15) is 0 Å². The molecule has 0 aliphatic heterocycles. The zero-order valence-corrected chi connectivity index (χ0v) is 9.94. The SMILES string of the molecule is COc1ccc(-c2cc(OC)ccc2N)cc1. The van der Waals surface area contributed by atoms with E-state index in [9.17, 15) is 0 Å². The number of hydrogen-bond donors (Lipinski definition) is 1. The first-order valence-corrected chi connectivity index (χ1v) is 5.32. The third-order valence-electron chi connectivity index (χ3n) is 2.66. The summed E-state index contributed by atoms with van der Waals surface area (Å²) in [5, 5.41) is 0. The molecule has 2 N–H and O–H groups in total. The van der Waals surface area contributed by atoms with Crippen molar-refractivity contribution in [2.75, 3.05) is 20.0 Å². The standard InChI is InChI=1S/C14H15NO2/c1-16-11-5-3-10(4-6-11)13-9-12(17-2)7-8-14(13)15/h3-9H,15H2,1-2H3. The van der Waals surface area contributed by atoms with E-state index in [2.05, 4.69) is 0 Å². The van der Waals surface area contributed by atoms with Gasteiger partial charge >= 0.3 is 0 Å². The first-order valence-electron chi connectivity index (χ1n) is 5.32. The highest BCUT2D eigenvalue weighted by molar-refractivity contribution is 5.77. The van der Waals surface area contributed by atoms with Crippen LogP contribution < -0.4 is 15.2 Å². The van der Waals surface area contributed by atoms with Crippen molar-refractivity contribution in [2.45, 2.75) is 0 Å². The van der Waals surface area contributed by atoms with E-state index in [4.69, 9.17) is 15.2 Å². The Bertz CT molecular complexity index is 506. The van der Waals surface area contributed by atoms with Gasteiger partial charge in [0.05, 0.1) is 14.2 Å². The van der Waals surface area contributed by atoms with E-state index in [1.54, 1.807) is 14.2 Å². The van der Waals surface area contributed by atoms with Gasteiger partial charge in [0.1, 0.15) is 11.5 Å². The van der Waals surface area contributed by atoms with E-state index in [0.717, 1.165) is 28.3 Å².